The second-order valence-electron chi connectivity index (χ2n) is 3.37. The van der Waals surface area contributed by atoms with Gasteiger partial charge in [0.2, 0.25) is 11.8 Å². The Hall–Kier alpha value is -1.10. The molecule has 0 bridgehead atoms. The topological polar surface area (TPSA) is 81.4 Å². The van der Waals surface area contributed by atoms with E-state index in [0.717, 1.165) is 12.8 Å². The van der Waals surface area contributed by atoms with Gasteiger partial charge in [-0.2, -0.15) is 0 Å². The lowest BCUT2D eigenvalue weighted by molar-refractivity contribution is -0.133. The van der Waals surface area contributed by atoms with Crippen molar-refractivity contribution in [2.75, 3.05) is 6.61 Å². The van der Waals surface area contributed by atoms with Gasteiger partial charge in [0.05, 0.1) is 0 Å². The first-order valence-electron chi connectivity index (χ1n) is 4.86. The van der Waals surface area contributed by atoms with Gasteiger partial charge in [0.25, 0.3) is 0 Å². The number of primary amides is 1. The van der Waals surface area contributed by atoms with Crippen LogP contribution in [0.2, 0.25) is 0 Å². The molecule has 0 aromatic carbocycles. The number of rotatable bonds is 4. The fourth-order valence-electron chi connectivity index (χ4n) is 1.42. The van der Waals surface area contributed by atoms with Crippen LogP contribution in [0.1, 0.15) is 26.2 Å². The van der Waals surface area contributed by atoms with Crippen molar-refractivity contribution in [1.29, 1.82) is 0 Å². The van der Waals surface area contributed by atoms with Crippen molar-refractivity contribution in [2.45, 2.75) is 38.3 Å². The van der Waals surface area contributed by atoms with Gasteiger partial charge in [0, 0.05) is 6.61 Å². The Morgan fingerprint density at radius 1 is 1.64 bits per heavy atom. The number of ether oxygens (including phenoxy) is 1. The summed E-state index contributed by atoms with van der Waals surface area (Å²) >= 11 is 0. The zero-order valence-corrected chi connectivity index (χ0v) is 8.29. The Kier molecular flexibility index (Phi) is 3.88. The lowest BCUT2D eigenvalue weighted by atomic mass is 10.2. The normalized spacial score (nSPS) is 23.1. The number of carbonyl (C=O) groups is 2. The highest BCUT2D eigenvalue weighted by Crippen LogP contribution is 2.12. The maximum atomic E-state index is 11.5. The highest BCUT2D eigenvalue weighted by atomic mass is 16.5. The van der Waals surface area contributed by atoms with E-state index in [1.165, 1.54) is 0 Å². The molecule has 1 fully saturated rings. The number of hydrogen-bond acceptors (Lipinski definition) is 3. The van der Waals surface area contributed by atoms with Crippen LogP contribution in [-0.2, 0) is 14.3 Å². The molecule has 3 N–H and O–H groups in total. The van der Waals surface area contributed by atoms with Crippen molar-refractivity contribution in [3.05, 3.63) is 0 Å². The Labute approximate surface area is 83.0 Å². The van der Waals surface area contributed by atoms with Gasteiger partial charge in [0.15, 0.2) is 0 Å². The molecule has 0 unspecified atom stereocenters. The molecule has 1 aliphatic heterocycles. The summed E-state index contributed by atoms with van der Waals surface area (Å²) in [4.78, 5) is 22.3. The zero-order chi connectivity index (χ0) is 10.6. The molecule has 14 heavy (non-hydrogen) atoms. The van der Waals surface area contributed by atoms with E-state index in [9.17, 15) is 9.59 Å². The van der Waals surface area contributed by atoms with Gasteiger partial charge in [-0.1, -0.05) is 6.92 Å². The van der Waals surface area contributed by atoms with Crippen LogP contribution in [0.3, 0.4) is 0 Å². The van der Waals surface area contributed by atoms with Gasteiger partial charge in [-0.25, -0.2) is 0 Å². The van der Waals surface area contributed by atoms with E-state index in [0.29, 0.717) is 13.0 Å². The average molecular weight is 200 g/mol. The monoisotopic (exact) mass is 200 g/mol. The molecule has 0 aromatic rings. The van der Waals surface area contributed by atoms with E-state index in [1.54, 1.807) is 6.92 Å². The Bertz CT molecular complexity index is 224. The maximum absolute atomic E-state index is 11.5. The van der Waals surface area contributed by atoms with Crippen molar-refractivity contribution < 1.29 is 14.3 Å². The first-order valence-corrected chi connectivity index (χ1v) is 4.86. The smallest absolute Gasteiger partial charge is 0.249 e. The van der Waals surface area contributed by atoms with Gasteiger partial charge >= 0.3 is 0 Å². The highest BCUT2D eigenvalue weighted by molar-refractivity contribution is 5.88. The molecule has 5 heteroatoms. The number of carbonyl (C=O) groups excluding carboxylic acids is 2. The number of amides is 2. The highest BCUT2D eigenvalue weighted by Gasteiger charge is 2.26. The minimum absolute atomic E-state index is 0.229. The number of nitrogens with one attached hydrogen (secondary N) is 1. The molecule has 0 aromatic heterocycles. The van der Waals surface area contributed by atoms with E-state index < -0.39 is 18.1 Å². The van der Waals surface area contributed by atoms with Crippen molar-refractivity contribution in [3.8, 4) is 0 Å². The summed E-state index contributed by atoms with van der Waals surface area (Å²) in [5.74, 6) is -0.730. The SMILES string of the molecule is CC[C@@H](NC(=O)[C@@H]1CCCO1)C(N)=O. The first-order chi connectivity index (χ1) is 6.65. The minimum Gasteiger partial charge on any atom is -0.368 e. The minimum atomic E-state index is -0.577. The standard InChI is InChI=1S/C9H16N2O3/c1-2-6(8(10)12)11-9(13)7-4-3-5-14-7/h6-7H,2-5H2,1H3,(H2,10,12)(H,11,13)/t6-,7+/m1/s1. The van der Waals surface area contributed by atoms with Crippen molar-refractivity contribution in [3.63, 3.8) is 0 Å². The molecule has 2 atom stereocenters. The fraction of sp³-hybridized carbons (Fsp3) is 0.778. The second kappa shape index (κ2) is 4.95. The summed E-state index contributed by atoms with van der Waals surface area (Å²) < 4.78 is 5.18. The van der Waals surface area contributed by atoms with Crippen LogP contribution < -0.4 is 11.1 Å². The molecule has 1 saturated heterocycles. The Morgan fingerprint density at radius 3 is 2.79 bits per heavy atom. The van der Waals surface area contributed by atoms with E-state index >= 15 is 0 Å². The lowest BCUT2D eigenvalue weighted by Gasteiger charge is -2.16. The molecule has 0 saturated carbocycles. The fourth-order valence-corrected chi connectivity index (χ4v) is 1.42. The molecular weight excluding hydrogens is 184 g/mol. The van der Waals surface area contributed by atoms with Crippen LogP contribution in [0.15, 0.2) is 0 Å². The van der Waals surface area contributed by atoms with Crippen molar-refractivity contribution in [2.24, 2.45) is 5.73 Å². The van der Waals surface area contributed by atoms with Crippen LogP contribution in [0, 0.1) is 0 Å². The molecule has 2 amide bonds. The van der Waals surface area contributed by atoms with Gasteiger partial charge in [-0.3, -0.25) is 9.59 Å². The molecule has 1 heterocycles. The molecule has 0 radical (unpaired) electrons. The third kappa shape index (κ3) is 2.70. The quantitative estimate of drug-likeness (QED) is 0.644. The summed E-state index contributed by atoms with van der Waals surface area (Å²) in [6.07, 6.45) is 1.73. The molecule has 5 nitrogen and oxygen atoms in total. The van der Waals surface area contributed by atoms with Gasteiger partial charge in [-0.05, 0) is 19.3 Å². The van der Waals surface area contributed by atoms with Crippen molar-refractivity contribution in [1.82, 2.24) is 5.32 Å². The number of hydrogen-bond donors (Lipinski definition) is 2. The van der Waals surface area contributed by atoms with Crippen molar-refractivity contribution >= 4 is 11.8 Å². The Balaban J connectivity index is 2.41. The molecule has 0 aliphatic carbocycles. The summed E-state index contributed by atoms with van der Waals surface area (Å²) in [7, 11) is 0. The maximum Gasteiger partial charge on any atom is 0.249 e. The predicted molar refractivity (Wildman–Crippen MR) is 50.4 cm³/mol. The molecule has 1 rings (SSSR count). The van der Waals surface area contributed by atoms with Gasteiger partial charge in [-0.15, -0.1) is 0 Å². The molecule has 0 spiro atoms. The zero-order valence-electron chi connectivity index (χ0n) is 8.29. The van der Waals surface area contributed by atoms with E-state index in [2.05, 4.69) is 5.32 Å². The van der Waals surface area contributed by atoms with Crippen LogP contribution >= 0.6 is 0 Å². The molecular formula is C9H16N2O3. The summed E-state index contributed by atoms with van der Waals surface area (Å²) in [5.41, 5.74) is 5.10. The summed E-state index contributed by atoms with van der Waals surface area (Å²) in [6.45, 7) is 2.41. The average Bonchev–Trinajstić information content (AvgIpc) is 2.65. The second-order valence-corrected chi connectivity index (χ2v) is 3.37. The Morgan fingerprint density at radius 2 is 2.36 bits per heavy atom. The van der Waals surface area contributed by atoms with Gasteiger partial charge in [0.1, 0.15) is 12.1 Å². The molecule has 1 aliphatic rings. The predicted octanol–water partition coefficient (Wildman–Crippen LogP) is -0.454. The largest absolute Gasteiger partial charge is 0.368 e. The van der Waals surface area contributed by atoms with E-state index in [4.69, 9.17) is 10.5 Å². The van der Waals surface area contributed by atoms with Crippen LogP contribution in [0.25, 0.3) is 0 Å². The lowest BCUT2D eigenvalue weighted by Crippen LogP contribution is -2.47. The summed E-state index contributed by atoms with van der Waals surface area (Å²) in [5, 5.41) is 2.57. The molecule has 80 valence electrons. The van der Waals surface area contributed by atoms with E-state index in [-0.39, 0.29) is 5.91 Å². The number of nitrogens with two attached hydrogens (primary N) is 1. The third-order valence-electron chi connectivity index (χ3n) is 2.29. The van der Waals surface area contributed by atoms with Crippen LogP contribution in [-0.4, -0.2) is 30.6 Å². The van der Waals surface area contributed by atoms with Crippen LogP contribution in [0.5, 0.6) is 0 Å². The van der Waals surface area contributed by atoms with Gasteiger partial charge < -0.3 is 15.8 Å². The third-order valence-corrected chi connectivity index (χ3v) is 2.29. The van der Waals surface area contributed by atoms with E-state index in [1.807, 2.05) is 0 Å². The summed E-state index contributed by atoms with van der Waals surface area (Å²) in [6, 6.07) is -0.577. The van der Waals surface area contributed by atoms with Crippen LogP contribution in [0.4, 0.5) is 0 Å². The first kappa shape index (κ1) is 11.0.